The Morgan fingerprint density at radius 1 is 1.44 bits per heavy atom. The number of nitrogens with one attached hydrogen (secondary N) is 1. The molecule has 2 nitrogen and oxygen atoms in total. The number of alkyl halides is 1. The Hall–Kier alpha value is 0.140. The molecule has 1 aliphatic rings. The molecular weight excluding hydrogens is 145 g/mol. The summed E-state index contributed by atoms with van der Waals surface area (Å²) in [5.74, 6) is 0. The minimum absolute atomic E-state index is 0. The van der Waals surface area contributed by atoms with Crippen LogP contribution in [0.3, 0.4) is 0 Å². The summed E-state index contributed by atoms with van der Waals surface area (Å²) in [6, 6.07) is 0. The Bertz CT molecular complexity index is 75.4. The number of halogens is 2. The summed E-state index contributed by atoms with van der Waals surface area (Å²) in [5.41, 5.74) is 0. The van der Waals surface area contributed by atoms with Crippen molar-refractivity contribution in [1.82, 2.24) is 5.32 Å². The van der Waals surface area contributed by atoms with Crippen LogP contribution in [0.25, 0.3) is 0 Å². The number of aliphatic hydroxyl groups excluding tert-OH is 1. The summed E-state index contributed by atoms with van der Waals surface area (Å²) < 4.78 is 12.2. The minimum atomic E-state index is -0.848. The van der Waals surface area contributed by atoms with E-state index in [4.69, 9.17) is 5.11 Å². The van der Waals surface area contributed by atoms with Gasteiger partial charge in [-0.3, -0.25) is 0 Å². The molecule has 1 rings (SSSR count). The van der Waals surface area contributed by atoms with E-state index in [1.54, 1.807) is 0 Å². The highest BCUT2D eigenvalue weighted by molar-refractivity contribution is 5.85. The molecule has 9 heavy (non-hydrogen) atoms. The fraction of sp³-hybridized carbons (Fsp3) is 1.00. The van der Waals surface area contributed by atoms with Gasteiger partial charge in [-0.05, 0) is 0 Å². The van der Waals surface area contributed by atoms with Gasteiger partial charge in [0.25, 0.3) is 0 Å². The van der Waals surface area contributed by atoms with E-state index in [-0.39, 0.29) is 12.4 Å². The van der Waals surface area contributed by atoms with E-state index in [0.717, 1.165) is 0 Å². The number of piperidine rings is 1. The van der Waals surface area contributed by atoms with Gasteiger partial charge in [-0.2, -0.15) is 0 Å². The van der Waals surface area contributed by atoms with Crippen LogP contribution in [0.15, 0.2) is 0 Å². The molecule has 0 aromatic heterocycles. The summed E-state index contributed by atoms with van der Waals surface area (Å²) in [6.07, 6.45) is -1.02. The maximum absolute atomic E-state index is 12.2. The highest BCUT2D eigenvalue weighted by Gasteiger charge is 2.17. The smallest absolute Gasteiger partial charge is 0.115 e. The third-order valence-corrected chi connectivity index (χ3v) is 1.27. The summed E-state index contributed by atoms with van der Waals surface area (Å²) in [5, 5.41) is 11.5. The molecule has 0 amide bonds. The van der Waals surface area contributed by atoms with Crippen molar-refractivity contribution in [3.8, 4) is 0 Å². The lowest BCUT2D eigenvalue weighted by molar-refractivity contribution is 0.0967. The molecular formula is C5H11ClFNO. The average molecular weight is 156 g/mol. The van der Waals surface area contributed by atoms with Crippen LogP contribution < -0.4 is 5.32 Å². The highest BCUT2D eigenvalue weighted by Crippen LogP contribution is 2.04. The maximum atomic E-state index is 12.2. The predicted molar refractivity (Wildman–Crippen MR) is 35.6 cm³/mol. The lowest BCUT2D eigenvalue weighted by Gasteiger charge is -2.20. The van der Waals surface area contributed by atoms with Crippen LogP contribution in [0.5, 0.6) is 0 Å². The summed E-state index contributed by atoms with van der Waals surface area (Å²) >= 11 is 0. The largest absolute Gasteiger partial charge is 0.392 e. The molecule has 0 aromatic rings. The third kappa shape index (κ3) is 2.98. The Morgan fingerprint density at radius 2 is 2.11 bits per heavy atom. The monoisotopic (exact) mass is 155 g/mol. The normalized spacial score (nSPS) is 35.3. The molecule has 0 radical (unpaired) electrons. The second kappa shape index (κ2) is 4.04. The zero-order chi connectivity index (χ0) is 5.98. The fourth-order valence-corrected chi connectivity index (χ4v) is 0.868. The van der Waals surface area contributed by atoms with Gasteiger partial charge in [0.1, 0.15) is 6.17 Å². The Balaban J connectivity index is 0.000000640. The lowest BCUT2D eigenvalue weighted by atomic mass is 10.1. The van der Waals surface area contributed by atoms with Gasteiger partial charge in [-0.25, -0.2) is 4.39 Å². The van der Waals surface area contributed by atoms with Crippen molar-refractivity contribution in [2.24, 2.45) is 0 Å². The molecule has 1 heterocycles. The van der Waals surface area contributed by atoms with Gasteiger partial charge in [0.15, 0.2) is 0 Å². The molecule has 4 heteroatoms. The van der Waals surface area contributed by atoms with Gasteiger partial charge in [-0.1, -0.05) is 0 Å². The van der Waals surface area contributed by atoms with Crippen LogP contribution in [-0.4, -0.2) is 30.5 Å². The molecule has 56 valence electrons. The Labute approximate surface area is 59.9 Å². The van der Waals surface area contributed by atoms with E-state index in [9.17, 15) is 4.39 Å². The van der Waals surface area contributed by atoms with Gasteiger partial charge in [0, 0.05) is 19.5 Å². The second-order valence-corrected chi connectivity index (χ2v) is 2.15. The van der Waals surface area contributed by atoms with E-state index in [0.29, 0.717) is 19.5 Å². The highest BCUT2D eigenvalue weighted by atomic mass is 35.5. The molecule has 0 bridgehead atoms. The molecule has 1 saturated heterocycles. The molecule has 0 unspecified atom stereocenters. The Kier molecular flexibility index (Phi) is 4.10. The lowest BCUT2D eigenvalue weighted by Crippen LogP contribution is -2.40. The summed E-state index contributed by atoms with van der Waals surface area (Å²) in [4.78, 5) is 0. The first kappa shape index (κ1) is 9.14. The second-order valence-electron chi connectivity index (χ2n) is 2.15. The number of aliphatic hydroxyl groups is 1. The predicted octanol–water partition coefficient (Wildman–Crippen LogP) is 0.100. The summed E-state index contributed by atoms with van der Waals surface area (Å²) in [7, 11) is 0. The number of rotatable bonds is 0. The number of hydrogen-bond acceptors (Lipinski definition) is 2. The van der Waals surface area contributed by atoms with Gasteiger partial charge in [0.2, 0.25) is 0 Å². The van der Waals surface area contributed by atoms with E-state index in [1.807, 2.05) is 0 Å². The van der Waals surface area contributed by atoms with Crippen LogP contribution in [0, 0.1) is 0 Å². The number of β-amino-alcohol motifs (C(OH)–C–C–N with tert-alkyl or cyclic N) is 1. The van der Waals surface area contributed by atoms with Crippen molar-refractivity contribution < 1.29 is 9.50 Å². The third-order valence-electron chi connectivity index (χ3n) is 1.27. The SMILES string of the molecule is Cl.O[C@H]1CNC[C@@H](F)C1. The van der Waals surface area contributed by atoms with Gasteiger partial charge >= 0.3 is 0 Å². The first-order valence-corrected chi connectivity index (χ1v) is 2.82. The molecule has 1 fully saturated rings. The maximum Gasteiger partial charge on any atom is 0.115 e. The molecule has 0 aromatic carbocycles. The van der Waals surface area contributed by atoms with Crippen molar-refractivity contribution in [3.63, 3.8) is 0 Å². The molecule has 2 N–H and O–H groups in total. The van der Waals surface area contributed by atoms with Gasteiger partial charge in [-0.15, -0.1) is 12.4 Å². The topological polar surface area (TPSA) is 32.3 Å². The van der Waals surface area contributed by atoms with Crippen LogP contribution >= 0.6 is 12.4 Å². The van der Waals surface area contributed by atoms with Crippen molar-refractivity contribution in [2.45, 2.75) is 18.7 Å². The quantitative estimate of drug-likeness (QED) is 0.520. The van der Waals surface area contributed by atoms with Crippen LogP contribution in [0.2, 0.25) is 0 Å². The first-order chi connectivity index (χ1) is 3.79. The fourth-order valence-electron chi connectivity index (χ4n) is 0.868. The molecule has 1 aliphatic heterocycles. The molecule has 0 saturated carbocycles. The van der Waals surface area contributed by atoms with Crippen LogP contribution in [-0.2, 0) is 0 Å². The zero-order valence-electron chi connectivity index (χ0n) is 5.01. The minimum Gasteiger partial charge on any atom is -0.392 e. The van der Waals surface area contributed by atoms with Crippen molar-refractivity contribution in [2.75, 3.05) is 13.1 Å². The van der Waals surface area contributed by atoms with E-state index >= 15 is 0 Å². The van der Waals surface area contributed by atoms with Crippen molar-refractivity contribution in [1.29, 1.82) is 0 Å². The van der Waals surface area contributed by atoms with E-state index in [2.05, 4.69) is 5.32 Å². The van der Waals surface area contributed by atoms with Gasteiger partial charge in [0.05, 0.1) is 6.10 Å². The average Bonchev–Trinajstić information content (AvgIpc) is 1.64. The number of hydrogen-bond donors (Lipinski definition) is 2. The first-order valence-electron chi connectivity index (χ1n) is 2.82. The zero-order valence-corrected chi connectivity index (χ0v) is 5.83. The molecule has 0 aliphatic carbocycles. The summed E-state index contributed by atoms with van der Waals surface area (Å²) in [6.45, 7) is 0.942. The van der Waals surface area contributed by atoms with Crippen LogP contribution in [0.1, 0.15) is 6.42 Å². The molecule has 0 spiro atoms. The standard InChI is InChI=1S/C5H10FNO.ClH/c6-4-1-5(8)3-7-2-4;/h4-5,7-8H,1-3H2;1H/t4-,5+;/m0./s1. The van der Waals surface area contributed by atoms with Gasteiger partial charge < -0.3 is 10.4 Å². The van der Waals surface area contributed by atoms with Crippen LogP contribution in [0.4, 0.5) is 4.39 Å². The van der Waals surface area contributed by atoms with Crippen molar-refractivity contribution >= 4 is 12.4 Å². The molecule has 2 atom stereocenters. The Morgan fingerprint density at radius 3 is 2.44 bits per heavy atom. The van der Waals surface area contributed by atoms with E-state index in [1.165, 1.54) is 0 Å². The van der Waals surface area contributed by atoms with E-state index < -0.39 is 12.3 Å². The van der Waals surface area contributed by atoms with Crippen molar-refractivity contribution in [3.05, 3.63) is 0 Å².